The van der Waals surface area contributed by atoms with Gasteiger partial charge in [-0.1, -0.05) is 53.7 Å². The van der Waals surface area contributed by atoms with E-state index >= 15 is 0 Å². The van der Waals surface area contributed by atoms with Crippen molar-refractivity contribution in [3.63, 3.8) is 0 Å². The Kier molecular flexibility index (Phi) is 7.97. The highest BCUT2D eigenvalue weighted by Crippen LogP contribution is 2.20. The number of aliphatic carboxylic acids is 1. The van der Waals surface area contributed by atoms with E-state index in [9.17, 15) is 4.79 Å². The van der Waals surface area contributed by atoms with Crippen LogP contribution >= 0.6 is 0 Å². The highest BCUT2D eigenvalue weighted by Gasteiger charge is 2.08. The summed E-state index contributed by atoms with van der Waals surface area (Å²) in [5, 5.41) is 13.2. The molecule has 0 spiro atoms. The van der Waals surface area contributed by atoms with Crippen LogP contribution in [-0.2, 0) is 16.1 Å². The van der Waals surface area contributed by atoms with Crippen LogP contribution in [0.15, 0.2) is 84.3 Å². The van der Waals surface area contributed by atoms with Gasteiger partial charge in [0.2, 0.25) is 0 Å². The van der Waals surface area contributed by atoms with Crippen molar-refractivity contribution in [1.29, 1.82) is 0 Å². The standard InChI is InChI=1S/C24H24N2O4/c27-23(28)18-29-22-14-5-4-9-19(22)10-6-7-16-30-26-24(20-11-2-1-3-12-20)21-13-8-15-25-17-21/h1-5,8-9,11-15,17H,6-7,10,16,18H2,(H,27,28). The molecule has 0 atom stereocenters. The molecule has 3 rings (SSSR count). The zero-order valence-electron chi connectivity index (χ0n) is 16.6. The Morgan fingerprint density at radius 2 is 1.70 bits per heavy atom. The van der Waals surface area contributed by atoms with E-state index in [0.29, 0.717) is 12.4 Å². The molecule has 0 aliphatic heterocycles. The Morgan fingerprint density at radius 1 is 0.933 bits per heavy atom. The number of hydrogen-bond acceptors (Lipinski definition) is 5. The quantitative estimate of drug-likeness (QED) is 0.292. The fourth-order valence-corrected chi connectivity index (χ4v) is 2.95. The topological polar surface area (TPSA) is 81.0 Å². The van der Waals surface area contributed by atoms with Gasteiger partial charge in [-0.3, -0.25) is 4.98 Å². The molecule has 154 valence electrons. The Balaban J connectivity index is 1.53. The molecule has 0 saturated carbocycles. The van der Waals surface area contributed by atoms with E-state index in [1.165, 1.54) is 0 Å². The van der Waals surface area contributed by atoms with E-state index in [1.54, 1.807) is 18.5 Å². The number of carboxylic acids is 1. The molecule has 0 aliphatic rings. The summed E-state index contributed by atoms with van der Waals surface area (Å²) < 4.78 is 5.35. The first-order chi connectivity index (χ1) is 14.7. The van der Waals surface area contributed by atoms with Crippen molar-refractivity contribution in [2.45, 2.75) is 19.3 Å². The summed E-state index contributed by atoms with van der Waals surface area (Å²) in [5.74, 6) is -0.374. The molecule has 6 nitrogen and oxygen atoms in total. The molecule has 0 amide bonds. The molecule has 0 radical (unpaired) electrons. The summed E-state index contributed by atoms with van der Waals surface area (Å²) >= 11 is 0. The van der Waals surface area contributed by atoms with Crippen LogP contribution in [-0.4, -0.2) is 35.0 Å². The Morgan fingerprint density at radius 3 is 2.47 bits per heavy atom. The number of pyridine rings is 1. The zero-order valence-corrected chi connectivity index (χ0v) is 16.6. The van der Waals surface area contributed by atoms with Crippen molar-refractivity contribution in [3.05, 3.63) is 95.8 Å². The number of para-hydroxylation sites is 1. The van der Waals surface area contributed by atoms with Gasteiger partial charge in [-0.15, -0.1) is 0 Å². The normalized spacial score (nSPS) is 11.1. The second kappa shape index (κ2) is 11.4. The van der Waals surface area contributed by atoms with Crippen LogP contribution in [0.25, 0.3) is 0 Å². The maximum atomic E-state index is 10.7. The minimum absolute atomic E-state index is 0.342. The van der Waals surface area contributed by atoms with Crippen LogP contribution in [0.1, 0.15) is 29.5 Å². The van der Waals surface area contributed by atoms with Crippen LogP contribution in [0.4, 0.5) is 0 Å². The molecule has 30 heavy (non-hydrogen) atoms. The summed E-state index contributed by atoms with van der Waals surface area (Å²) in [6, 6.07) is 21.2. The van der Waals surface area contributed by atoms with Crippen molar-refractivity contribution < 1.29 is 19.5 Å². The first-order valence-electron chi connectivity index (χ1n) is 9.82. The van der Waals surface area contributed by atoms with Gasteiger partial charge in [0.15, 0.2) is 6.61 Å². The van der Waals surface area contributed by atoms with Crippen LogP contribution in [0.5, 0.6) is 5.75 Å². The van der Waals surface area contributed by atoms with Gasteiger partial charge in [-0.25, -0.2) is 4.79 Å². The third-order valence-corrected chi connectivity index (χ3v) is 4.39. The Hall–Kier alpha value is -3.67. The number of oxime groups is 1. The molecule has 0 bridgehead atoms. The Bertz CT molecular complexity index is 918. The number of hydrogen-bond donors (Lipinski definition) is 1. The highest BCUT2D eigenvalue weighted by molar-refractivity contribution is 6.12. The fourth-order valence-electron chi connectivity index (χ4n) is 2.95. The summed E-state index contributed by atoms with van der Waals surface area (Å²) in [4.78, 5) is 20.5. The second-order valence-electron chi connectivity index (χ2n) is 6.63. The number of nitrogens with zero attached hydrogens (tertiary/aromatic N) is 2. The highest BCUT2D eigenvalue weighted by atomic mass is 16.6. The SMILES string of the molecule is O=C(O)COc1ccccc1CCCCON=C(c1ccccc1)c1cccnc1. The van der Waals surface area contributed by atoms with E-state index in [0.717, 1.165) is 41.7 Å². The van der Waals surface area contributed by atoms with E-state index in [2.05, 4.69) is 10.1 Å². The van der Waals surface area contributed by atoms with Crippen LogP contribution in [0.2, 0.25) is 0 Å². The number of carboxylic acid groups (broad SMARTS) is 1. The number of aromatic nitrogens is 1. The maximum Gasteiger partial charge on any atom is 0.341 e. The number of carbonyl (C=O) groups is 1. The number of unbranched alkanes of at least 4 members (excludes halogenated alkanes) is 1. The van der Waals surface area contributed by atoms with E-state index in [4.69, 9.17) is 14.7 Å². The smallest absolute Gasteiger partial charge is 0.341 e. The number of aryl methyl sites for hydroxylation is 1. The molecule has 0 unspecified atom stereocenters. The summed E-state index contributed by atoms with van der Waals surface area (Å²) in [5.41, 5.74) is 3.60. The minimum Gasteiger partial charge on any atom is -0.482 e. The second-order valence-corrected chi connectivity index (χ2v) is 6.63. The first-order valence-corrected chi connectivity index (χ1v) is 9.82. The molecule has 0 aliphatic carbocycles. The Labute approximate surface area is 175 Å². The van der Waals surface area contributed by atoms with Crippen molar-refractivity contribution in [1.82, 2.24) is 4.98 Å². The molecule has 6 heteroatoms. The lowest BCUT2D eigenvalue weighted by Gasteiger charge is -2.10. The average molecular weight is 404 g/mol. The van der Waals surface area contributed by atoms with Gasteiger partial charge in [0.1, 0.15) is 18.1 Å². The van der Waals surface area contributed by atoms with Gasteiger partial charge in [0, 0.05) is 23.5 Å². The van der Waals surface area contributed by atoms with Gasteiger partial charge < -0.3 is 14.7 Å². The lowest BCUT2D eigenvalue weighted by atomic mass is 10.0. The van der Waals surface area contributed by atoms with Crippen molar-refractivity contribution in [2.75, 3.05) is 13.2 Å². The van der Waals surface area contributed by atoms with Crippen molar-refractivity contribution in [3.8, 4) is 5.75 Å². The first kappa shape index (κ1) is 21.0. The third-order valence-electron chi connectivity index (χ3n) is 4.39. The molecule has 1 heterocycles. The summed E-state index contributed by atoms with van der Waals surface area (Å²) in [6.45, 7) is 0.139. The zero-order chi connectivity index (χ0) is 21.0. The fraction of sp³-hybridized carbons (Fsp3) is 0.208. The molecule has 1 aromatic heterocycles. The van der Waals surface area contributed by atoms with Gasteiger partial charge in [0.25, 0.3) is 0 Å². The summed E-state index contributed by atoms with van der Waals surface area (Å²) in [6.07, 6.45) is 5.95. The lowest BCUT2D eigenvalue weighted by molar-refractivity contribution is -0.139. The van der Waals surface area contributed by atoms with Crippen LogP contribution in [0, 0.1) is 0 Å². The molecular weight excluding hydrogens is 380 g/mol. The monoisotopic (exact) mass is 404 g/mol. The van der Waals surface area contributed by atoms with E-state index < -0.39 is 5.97 Å². The molecule has 1 N–H and O–H groups in total. The largest absolute Gasteiger partial charge is 0.482 e. The predicted molar refractivity (Wildman–Crippen MR) is 115 cm³/mol. The van der Waals surface area contributed by atoms with Crippen LogP contribution in [0.3, 0.4) is 0 Å². The van der Waals surface area contributed by atoms with Crippen LogP contribution < -0.4 is 4.74 Å². The average Bonchev–Trinajstić information content (AvgIpc) is 2.79. The molecule has 3 aromatic rings. The van der Waals surface area contributed by atoms with Gasteiger partial charge in [0.05, 0.1) is 0 Å². The van der Waals surface area contributed by atoms with E-state index in [-0.39, 0.29) is 6.61 Å². The molecule has 0 fully saturated rings. The van der Waals surface area contributed by atoms with Gasteiger partial charge in [-0.05, 0) is 43.0 Å². The van der Waals surface area contributed by atoms with Crippen molar-refractivity contribution >= 4 is 11.7 Å². The number of rotatable bonds is 11. The minimum atomic E-state index is -0.987. The molecular formula is C24H24N2O4. The number of benzene rings is 2. The lowest BCUT2D eigenvalue weighted by Crippen LogP contribution is -2.10. The molecule has 2 aromatic carbocycles. The summed E-state index contributed by atoms with van der Waals surface area (Å²) in [7, 11) is 0. The van der Waals surface area contributed by atoms with Gasteiger partial charge >= 0.3 is 5.97 Å². The third kappa shape index (κ3) is 6.44. The van der Waals surface area contributed by atoms with E-state index in [1.807, 2.05) is 60.7 Å². The number of ether oxygens (including phenoxy) is 1. The maximum absolute atomic E-state index is 10.7. The van der Waals surface area contributed by atoms with Gasteiger partial charge in [-0.2, -0.15) is 0 Å². The van der Waals surface area contributed by atoms with Crippen molar-refractivity contribution in [2.24, 2.45) is 5.16 Å². The predicted octanol–water partition coefficient (Wildman–Crippen LogP) is 4.34. The molecule has 0 saturated heterocycles.